The molecule has 6 heteroatoms. The lowest BCUT2D eigenvalue weighted by molar-refractivity contribution is -0.137. The Morgan fingerprint density at radius 1 is 1.15 bits per heavy atom. The van der Waals surface area contributed by atoms with Crippen molar-refractivity contribution in [3.05, 3.63) is 29.8 Å². The monoisotopic (exact) mass is 316 g/mol. The van der Waals surface area contributed by atoms with Gasteiger partial charge in [-0.1, -0.05) is 24.3 Å². The molecule has 0 aromatic heterocycles. The maximum Gasteiger partial charge on any atom is 0.652 e. The molecule has 0 nitrogen and oxygen atoms in total. The fourth-order valence-corrected chi connectivity index (χ4v) is 1.35. The molecule has 0 saturated carbocycles. The largest absolute Gasteiger partial charge is 0.652 e. The van der Waals surface area contributed by atoms with Gasteiger partial charge in [0, 0.05) is 0 Å². The molecule has 0 aliphatic rings. The highest BCUT2D eigenvalue weighted by atomic mass is 127. The number of hydrogen-bond donors (Lipinski definition) is 0. The summed E-state index contributed by atoms with van der Waals surface area (Å²) in [7, 11) is 0. The average Bonchev–Trinajstić information content (AvgIpc) is 2.03. The minimum Gasteiger partial charge on any atom is -0.475 e. The van der Waals surface area contributed by atoms with Gasteiger partial charge >= 0.3 is 27.1 Å². The van der Waals surface area contributed by atoms with Crippen LogP contribution < -0.4 is 3.69 Å². The van der Waals surface area contributed by atoms with E-state index in [4.69, 9.17) is 0 Å². The quantitative estimate of drug-likeness (QED) is 0.424. The summed E-state index contributed by atoms with van der Waals surface area (Å²) in [5.74, 6) is 0. The van der Waals surface area contributed by atoms with Crippen molar-refractivity contribution in [1.29, 1.82) is 0 Å². The normalized spacial score (nSPS) is 10.2. The van der Waals surface area contributed by atoms with Crippen LogP contribution in [0.5, 0.6) is 0 Å². The molecule has 0 bridgehead atoms. The Balaban J connectivity index is 0.00000144. The summed E-state index contributed by atoms with van der Waals surface area (Å²) in [5.41, 5.74) is -0.773. The van der Waals surface area contributed by atoms with Crippen LogP contribution in [0.15, 0.2) is 24.3 Å². The smallest absolute Gasteiger partial charge is 0.475 e. The van der Waals surface area contributed by atoms with Crippen LogP contribution in [0.25, 0.3) is 0 Å². The highest BCUT2D eigenvalue weighted by Crippen LogP contribution is 2.27. The van der Waals surface area contributed by atoms with Crippen LogP contribution in [0.1, 0.15) is 5.56 Å². The van der Waals surface area contributed by atoms with Gasteiger partial charge < -0.3 is 2.96 Å². The summed E-state index contributed by atoms with van der Waals surface area (Å²) in [6.07, 6.45) is -4.36. The average molecular weight is 316 g/mol. The van der Waals surface area contributed by atoms with Crippen LogP contribution in [-0.4, -0.2) is 20.9 Å². The van der Waals surface area contributed by atoms with Crippen molar-refractivity contribution >= 4 is 48.6 Å². The van der Waals surface area contributed by atoms with E-state index in [0.717, 1.165) is 12.1 Å². The summed E-state index contributed by atoms with van der Waals surface area (Å²) >= 11 is -1.99. The molecule has 0 aliphatic carbocycles. The minimum absolute atomic E-state index is 0. The van der Waals surface area contributed by atoms with Gasteiger partial charge in [-0.15, -0.1) is 27.7 Å². The molecular formula is C7H5F4IMg. The predicted octanol–water partition coefficient (Wildman–Crippen LogP) is 2.54. The van der Waals surface area contributed by atoms with Gasteiger partial charge in [-0.25, -0.2) is 0 Å². The van der Waals surface area contributed by atoms with Gasteiger partial charge in [0.25, 0.3) is 0 Å². The summed E-state index contributed by atoms with van der Waals surface area (Å²) in [6.45, 7) is 0. The molecule has 1 aromatic carbocycles. The van der Waals surface area contributed by atoms with Crippen LogP contribution in [0.3, 0.4) is 0 Å². The van der Waals surface area contributed by atoms with Crippen molar-refractivity contribution < 1.29 is 16.1 Å². The Morgan fingerprint density at radius 2 is 1.77 bits per heavy atom. The third-order valence-corrected chi connectivity index (χ3v) is 2.16. The second-order valence-electron chi connectivity index (χ2n) is 2.33. The Bertz CT molecular complexity index is 273. The molecule has 0 N–H and O–H groups in total. The first-order valence-corrected chi connectivity index (χ1v) is 4.50. The zero-order valence-electron chi connectivity index (χ0n) is 6.44. The van der Waals surface area contributed by atoms with Gasteiger partial charge in [-0.05, 0) is 0 Å². The van der Waals surface area contributed by atoms with Crippen LogP contribution in [0.4, 0.5) is 16.1 Å². The Kier molecular flexibility index (Phi) is 5.53. The molecule has 0 spiro atoms. The van der Waals surface area contributed by atoms with Crippen molar-refractivity contribution in [1.82, 2.24) is 0 Å². The maximum atomic E-state index is 12.1. The molecule has 0 unspecified atom stereocenters. The van der Waals surface area contributed by atoms with Crippen LogP contribution in [-0.2, 0) is 6.18 Å². The van der Waals surface area contributed by atoms with E-state index in [1.807, 2.05) is 0 Å². The zero-order chi connectivity index (χ0) is 9.19. The van der Waals surface area contributed by atoms with Crippen molar-refractivity contribution in [3.8, 4) is 0 Å². The van der Waals surface area contributed by atoms with Gasteiger partial charge in [0.05, 0.1) is 5.56 Å². The molecule has 1 rings (SSSR count). The van der Waals surface area contributed by atoms with Gasteiger partial charge in [-0.2, -0.15) is 13.2 Å². The predicted molar refractivity (Wildman–Crippen MR) is 53.4 cm³/mol. The Labute approximate surface area is 100 Å². The minimum atomic E-state index is -4.36. The number of alkyl halides is 3. The Morgan fingerprint density at radius 3 is 2.23 bits per heavy atom. The number of benzene rings is 1. The summed E-state index contributed by atoms with van der Waals surface area (Å²) in [6, 6.07) is 4.41. The molecule has 0 atom stereocenters. The lowest BCUT2D eigenvalue weighted by atomic mass is 10.2. The fourth-order valence-electron chi connectivity index (χ4n) is 0.831. The number of rotatable bonds is 1. The number of hydrogen-bond acceptors (Lipinski definition) is 0. The lowest BCUT2D eigenvalue weighted by Crippen LogP contribution is -2.14. The number of halogens is 5. The second kappa shape index (κ2) is 5.35. The Hall–Kier alpha value is 0.436. The molecule has 0 heterocycles. The van der Waals surface area contributed by atoms with Crippen LogP contribution in [0.2, 0.25) is 0 Å². The maximum absolute atomic E-state index is 12.1. The third kappa shape index (κ3) is 3.99. The topological polar surface area (TPSA) is 0 Å². The van der Waals surface area contributed by atoms with Gasteiger partial charge in [0.15, 0.2) is 0 Å². The van der Waals surface area contributed by atoms with Gasteiger partial charge in [0.2, 0.25) is 0 Å². The molecule has 0 radical (unpaired) electrons. The van der Waals surface area contributed by atoms with Crippen molar-refractivity contribution in [3.63, 3.8) is 0 Å². The molecule has 13 heavy (non-hydrogen) atoms. The van der Waals surface area contributed by atoms with E-state index in [-0.39, 0.29) is 27.7 Å². The second-order valence-corrected chi connectivity index (χ2v) is 3.42. The van der Waals surface area contributed by atoms with Gasteiger partial charge in [-0.3, -0.25) is 0 Å². The summed E-state index contributed by atoms with van der Waals surface area (Å²) in [5, 5.41) is 0. The van der Waals surface area contributed by atoms with E-state index < -0.39 is 32.7 Å². The SMILES string of the molecule is I.[F][Mg][c]1cccc(C(F)(F)F)c1. The van der Waals surface area contributed by atoms with E-state index in [9.17, 15) is 16.1 Å². The van der Waals surface area contributed by atoms with E-state index in [1.54, 1.807) is 0 Å². The molecule has 0 aliphatic heterocycles. The summed E-state index contributed by atoms with van der Waals surface area (Å²) in [4.78, 5) is 0. The molecule has 1 aromatic rings. The van der Waals surface area contributed by atoms with E-state index in [2.05, 4.69) is 0 Å². The van der Waals surface area contributed by atoms with Crippen molar-refractivity contribution in [2.75, 3.05) is 0 Å². The zero-order valence-corrected chi connectivity index (χ0v) is 10.2. The van der Waals surface area contributed by atoms with Crippen molar-refractivity contribution in [2.45, 2.75) is 6.18 Å². The third-order valence-electron chi connectivity index (χ3n) is 1.41. The lowest BCUT2D eigenvalue weighted by Gasteiger charge is -2.06. The fraction of sp³-hybridized carbons (Fsp3) is 0.143. The molecule has 0 amide bonds. The van der Waals surface area contributed by atoms with E-state index in [0.29, 0.717) is 0 Å². The summed E-state index contributed by atoms with van der Waals surface area (Å²) < 4.78 is 48.2. The van der Waals surface area contributed by atoms with E-state index in [1.165, 1.54) is 12.1 Å². The molecule has 0 fully saturated rings. The molecule has 70 valence electrons. The van der Waals surface area contributed by atoms with Crippen LogP contribution >= 0.6 is 24.0 Å². The first-order valence-electron chi connectivity index (χ1n) is 3.26. The first-order chi connectivity index (χ1) is 5.54. The molecule has 0 saturated heterocycles. The van der Waals surface area contributed by atoms with Crippen molar-refractivity contribution in [2.24, 2.45) is 0 Å². The van der Waals surface area contributed by atoms with E-state index >= 15 is 0 Å². The van der Waals surface area contributed by atoms with Crippen LogP contribution in [0, 0.1) is 0 Å². The highest BCUT2D eigenvalue weighted by Gasteiger charge is 2.30. The first kappa shape index (κ1) is 13.4. The molecular weight excluding hydrogens is 311 g/mol. The standard InChI is InChI=1S/C7H4F3.FH.HI.Mg/c8-7(9,10)6-4-2-1-3-5-6;;;/h1-2,4-5H;2*1H;/q;;;+1/p-1. The highest BCUT2D eigenvalue weighted by molar-refractivity contribution is 14.0. The van der Waals surface area contributed by atoms with Gasteiger partial charge in [0.1, 0.15) is 0 Å².